The molecule has 132 valence electrons. The molecule has 0 spiro atoms. The van der Waals surface area contributed by atoms with E-state index in [1.54, 1.807) is 6.07 Å². The molecule has 1 aromatic heterocycles. The Morgan fingerprint density at radius 2 is 1.88 bits per heavy atom. The number of hydrogen-bond acceptors (Lipinski definition) is 7. The molecule has 3 aromatic rings. The second-order valence-electron chi connectivity index (χ2n) is 5.19. The zero-order valence-corrected chi connectivity index (χ0v) is 14.1. The number of halogens is 1. The van der Waals surface area contributed by atoms with Crippen LogP contribution in [0.1, 0.15) is 5.56 Å². The number of aliphatic hydroxyl groups is 1. The van der Waals surface area contributed by atoms with E-state index in [4.69, 9.17) is 22.0 Å². The molecule has 4 N–H and O–H groups in total. The van der Waals surface area contributed by atoms with Gasteiger partial charge in [-0.05, 0) is 24.3 Å². The summed E-state index contributed by atoms with van der Waals surface area (Å²) in [7, 11) is -4.21. The Balaban J connectivity index is 2.29. The molecule has 0 atom stereocenters. The summed E-state index contributed by atoms with van der Waals surface area (Å²) in [4.78, 5) is -0.287. The van der Waals surface area contributed by atoms with Crippen molar-refractivity contribution >= 4 is 38.2 Å². The number of nitrogens with zero attached hydrogens (tertiary/aromatic N) is 2. The van der Waals surface area contributed by atoms with Gasteiger partial charge in [-0.3, -0.25) is 10.4 Å². The van der Waals surface area contributed by atoms with E-state index in [0.717, 1.165) is 10.0 Å². The van der Waals surface area contributed by atoms with Gasteiger partial charge in [0.25, 0.3) is 10.0 Å². The van der Waals surface area contributed by atoms with Crippen LogP contribution in [0, 0.1) is 0 Å². The van der Waals surface area contributed by atoms with Crippen molar-refractivity contribution in [3.63, 3.8) is 0 Å². The largest absolute Gasteiger partial charge is 0.506 e. The van der Waals surface area contributed by atoms with E-state index in [1.165, 1.54) is 30.5 Å². The van der Waals surface area contributed by atoms with Crippen LogP contribution >= 0.6 is 11.6 Å². The highest BCUT2D eigenvalue weighted by Gasteiger charge is 2.24. The Hall–Kier alpha value is -2.30. The van der Waals surface area contributed by atoms with Gasteiger partial charge in [0.15, 0.2) is 0 Å². The predicted octanol–water partition coefficient (Wildman–Crippen LogP) is 2.31. The van der Waals surface area contributed by atoms with Crippen LogP contribution in [-0.4, -0.2) is 33.0 Å². The maximum absolute atomic E-state index is 13.0. The second-order valence-corrected chi connectivity index (χ2v) is 7.41. The first-order chi connectivity index (χ1) is 11.8. The normalized spacial score (nSPS) is 11.8. The standard InChI is InChI=1S/C15H13ClN2O6S/c16-12-5-4-10(6-13(12)18(21)22)25(23,24)17-7-9(8-19)11-2-1-3-14(20)15(11)17/h1-7,19-22H,8H2. The lowest BCUT2D eigenvalue weighted by Crippen LogP contribution is -2.15. The predicted molar refractivity (Wildman–Crippen MR) is 89.6 cm³/mol. The molecule has 1 heterocycles. The number of benzene rings is 2. The average molecular weight is 385 g/mol. The van der Waals surface area contributed by atoms with Crippen molar-refractivity contribution in [2.75, 3.05) is 5.23 Å². The van der Waals surface area contributed by atoms with E-state index < -0.39 is 16.6 Å². The number of anilines is 1. The monoisotopic (exact) mass is 384 g/mol. The number of rotatable bonds is 4. The highest BCUT2D eigenvalue weighted by Crippen LogP contribution is 2.34. The number of fused-ring (bicyclic) bond motifs is 1. The minimum absolute atomic E-state index is 0.00732. The quantitative estimate of drug-likeness (QED) is 0.509. The van der Waals surface area contributed by atoms with E-state index in [1.807, 2.05) is 0 Å². The van der Waals surface area contributed by atoms with Crippen LogP contribution in [0.4, 0.5) is 5.69 Å². The van der Waals surface area contributed by atoms with E-state index in [0.29, 0.717) is 10.9 Å². The lowest BCUT2D eigenvalue weighted by atomic mass is 10.2. The number of aliphatic hydroxyl groups excluding tert-OH is 1. The Bertz CT molecular complexity index is 1060. The summed E-state index contributed by atoms with van der Waals surface area (Å²) in [5.41, 5.74) is -0.00619. The molecule has 0 aliphatic carbocycles. The minimum atomic E-state index is -4.21. The SMILES string of the molecule is O=S(=O)(c1ccc(Cl)c(N(O)O)c1)n1cc(CO)c2cccc(O)c21. The zero-order chi connectivity index (χ0) is 18.4. The number of para-hydroxylation sites is 1. The molecule has 10 heteroatoms. The van der Waals surface area contributed by atoms with Gasteiger partial charge in [-0.25, -0.2) is 12.4 Å². The highest BCUT2D eigenvalue weighted by molar-refractivity contribution is 7.90. The molecule has 0 amide bonds. The molecule has 0 aliphatic rings. The third kappa shape index (κ3) is 2.81. The zero-order valence-electron chi connectivity index (χ0n) is 12.5. The molecule has 0 saturated carbocycles. The van der Waals surface area contributed by atoms with E-state index in [-0.39, 0.29) is 32.1 Å². The number of phenolic OH excluding ortho intramolecular Hbond substituents is 1. The van der Waals surface area contributed by atoms with Crippen LogP contribution in [-0.2, 0) is 16.6 Å². The lowest BCUT2D eigenvalue weighted by Gasteiger charge is -2.13. The van der Waals surface area contributed by atoms with E-state index in [2.05, 4.69) is 0 Å². The summed E-state index contributed by atoms with van der Waals surface area (Å²) in [5.74, 6) is -0.277. The fourth-order valence-corrected chi connectivity index (χ4v) is 4.15. The average Bonchev–Trinajstić information content (AvgIpc) is 2.95. The first-order valence-corrected chi connectivity index (χ1v) is 8.75. The van der Waals surface area contributed by atoms with Gasteiger partial charge in [0.1, 0.15) is 17.0 Å². The molecule has 0 aliphatic heterocycles. The van der Waals surface area contributed by atoms with Crippen molar-refractivity contribution in [3.05, 3.63) is 53.2 Å². The van der Waals surface area contributed by atoms with Crippen molar-refractivity contribution in [1.82, 2.24) is 3.97 Å². The van der Waals surface area contributed by atoms with Gasteiger partial charge in [0, 0.05) is 17.1 Å². The van der Waals surface area contributed by atoms with Gasteiger partial charge in [-0.1, -0.05) is 23.7 Å². The van der Waals surface area contributed by atoms with Crippen molar-refractivity contribution in [2.24, 2.45) is 0 Å². The van der Waals surface area contributed by atoms with E-state index in [9.17, 15) is 18.6 Å². The maximum atomic E-state index is 13.0. The molecule has 0 radical (unpaired) electrons. The van der Waals surface area contributed by atoms with Gasteiger partial charge >= 0.3 is 0 Å². The third-order valence-corrected chi connectivity index (χ3v) is 5.69. The molecule has 0 unspecified atom stereocenters. The number of aromatic nitrogens is 1. The summed E-state index contributed by atoms with van der Waals surface area (Å²) in [6.45, 7) is -0.421. The Labute approximate surface area is 147 Å². The van der Waals surface area contributed by atoms with Crippen LogP contribution in [0.25, 0.3) is 10.9 Å². The van der Waals surface area contributed by atoms with Crippen molar-refractivity contribution in [1.29, 1.82) is 0 Å². The van der Waals surface area contributed by atoms with Crippen LogP contribution in [0.3, 0.4) is 0 Å². The fraction of sp³-hybridized carbons (Fsp3) is 0.0667. The topological polar surface area (TPSA) is 123 Å². The number of phenols is 1. The smallest absolute Gasteiger partial charge is 0.268 e. The first-order valence-electron chi connectivity index (χ1n) is 6.93. The van der Waals surface area contributed by atoms with Gasteiger partial charge < -0.3 is 10.2 Å². The summed E-state index contributed by atoms with van der Waals surface area (Å²) < 4.78 is 26.8. The lowest BCUT2D eigenvalue weighted by molar-refractivity contribution is 0.0291. The molecule has 3 rings (SSSR count). The van der Waals surface area contributed by atoms with Gasteiger partial charge in [-0.2, -0.15) is 0 Å². The van der Waals surface area contributed by atoms with Crippen molar-refractivity contribution in [2.45, 2.75) is 11.5 Å². The van der Waals surface area contributed by atoms with Crippen LogP contribution in [0.2, 0.25) is 5.02 Å². The second kappa shape index (κ2) is 6.21. The summed E-state index contributed by atoms with van der Waals surface area (Å²) in [6.07, 6.45) is 1.20. The van der Waals surface area contributed by atoms with Crippen molar-refractivity contribution < 1.29 is 29.0 Å². The molecule has 0 saturated heterocycles. The van der Waals surface area contributed by atoms with Crippen LogP contribution in [0.5, 0.6) is 5.75 Å². The molecule has 25 heavy (non-hydrogen) atoms. The molecule has 0 bridgehead atoms. The van der Waals surface area contributed by atoms with Gasteiger partial charge in [0.05, 0.1) is 16.5 Å². The highest BCUT2D eigenvalue weighted by atomic mass is 35.5. The van der Waals surface area contributed by atoms with Crippen molar-refractivity contribution in [3.8, 4) is 5.75 Å². The minimum Gasteiger partial charge on any atom is -0.506 e. The first kappa shape index (κ1) is 17.5. The summed E-state index contributed by atoms with van der Waals surface area (Å²) >= 11 is 5.80. The van der Waals surface area contributed by atoms with Gasteiger partial charge in [0.2, 0.25) is 0 Å². The number of hydrogen-bond donors (Lipinski definition) is 4. The van der Waals surface area contributed by atoms with Gasteiger partial charge in [-0.15, -0.1) is 5.23 Å². The third-order valence-electron chi connectivity index (χ3n) is 3.71. The molecule has 8 nitrogen and oxygen atoms in total. The Morgan fingerprint density at radius 1 is 1.16 bits per heavy atom. The Kier molecular flexibility index (Phi) is 4.35. The summed E-state index contributed by atoms with van der Waals surface area (Å²) in [5, 5.41) is 37.9. The van der Waals surface area contributed by atoms with Crippen LogP contribution in [0.15, 0.2) is 47.5 Å². The molecular formula is C15H13ClN2O6S. The van der Waals surface area contributed by atoms with E-state index >= 15 is 0 Å². The summed E-state index contributed by atoms with van der Waals surface area (Å²) in [6, 6.07) is 7.79. The fourth-order valence-electron chi connectivity index (χ4n) is 2.53. The molecule has 0 fully saturated rings. The molecule has 2 aromatic carbocycles. The number of aromatic hydroxyl groups is 1. The molecular weight excluding hydrogens is 372 g/mol. The Morgan fingerprint density at radius 3 is 2.52 bits per heavy atom. The maximum Gasteiger partial charge on any atom is 0.268 e. The van der Waals surface area contributed by atoms with Crippen LogP contribution < -0.4 is 5.23 Å².